The van der Waals surface area contributed by atoms with Gasteiger partial charge in [-0.25, -0.2) is 4.79 Å². The van der Waals surface area contributed by atoms with Crippen molar-refractivity contribution < 1.29 is 19.1 Å². The van der Waals surface area contributed by atoms with Gasteiger partial charge in [-0.1, -0.05) is 0 Å². The van der Waals surface area contributed by atoms with Crippen molar-refractivity contribution in [2.75, 3.05) is 11.9 Å². The summed E-state index contributed by atoms with van der Waals surface area (Å²) >= 11 is 1.24. The van der Waals surface area contributed by atoms with Crippen molar-refractivity contribution in [3.63, 3.8) is 0 Å². The van der Waals surface area contributed by atoms with Crippen molar-refractivity contribution in [3.8, 4) is 6.07 Å². The van der Waals surface area contributed by atoms with Gasteiger partial charge in [0.05, 0.1) is 5.56 Å². The third kappa shape index (κ3) is 3.35. The van der Waals surface area contributed by atoms with Gasteiger partial charge in [-0.2, -0.15) is 5.26 Å². The third-order valence-electron chi connectivity index (χ3n) is 2.88. The molecule has 6 nitrogen and oxygen atoms in total. The smallest absolute Gasteiger partial charge is 0.336 e. The molecule has 0 spiro atoms. The van der Waals surface area contributed by atoms with Gasteiger partial charge >= 0.3 is 5.97 Å². The Balaban J connectivity index is 1.89. The highest BCUT2D eigenvalue weighted by atomic mass is 32.1. The molecule has 2 atom stereocenters. The second-order valence-electron chi connectivity index (χ2n) is 4.35. The lowest BCUT2D eigenvalue weighted by atomic mass is 10.2. The Morgan fingerprint density at radius 2 is 2.45 bits per heavy atom. The fourth-order valence-corrected chi connectivity index (χ4v) is 2.52. The SMILES string of the molecule is C[C@@H](OC(=O)[C@H]1CCCO1)C(=O)Nc1sccc1C#N. The van der Waals surface area contributed by atoms with E-state index >= 15 is 0 Å². The molecule has 0 aliphatic carbocycles. The molecule has 0 bridgehead atoms. The van der Waals surface area contributed by atoms with Crippen molar-refractivity contribution in [1.82, 2.24) is 0 Å². The van der Waals surface area contributed by atoms with E-state index < -0.39 is 24.1 Å². The minimum absolute atomic E-state index is 0.390. The van der Waals surface area contributed by atoms with Crippen LogP contribution in [-0.4, -0.2) is 30.7 Å². The zero-order chi connectivity index (χ0) is 14.5. The van der Waals surface area contributed by atoms with Crippen LogP contribution in [-0.2, 0) is 19.1 Å². The summed E-state index contributed by atoms with van der Waals surface area (Å²) in [5, 5.41) is 13.6. The molecule has 2 heterocycles. The predicted molar refractivity (Wildman–Crippen MR) is 72.2 cm³/mol. The number of ether oxygens (including phenoxy) is 2. The van der Waals surface area contributed by atoms with E-state index in [0.717, 1.165) is 6.42 Å². The van der Waals surface area contributed by atoms with Gasteiger partial charge in [-0.3, -0.25) is 4.79 Å². The first-order valence-corrected chi connectivity index (χ1v) is 7.10. The van der Waals surface area contributed by atoms with Crippen LogP contribution >= 0.6 is 11.3 Å². The van der Waals surface area contributed by atoms with E-state index in [2.05, 4.69) is 5.32 Å². The average molecular weight is 294 g/mol. The normalized spacial score (nSPS) is 19.1. The molecule has 1 aromatic rings. The highest BCUT2D eigenvalue weighted by Gasteiger charge is 2.28. The maximum Gasteiger partial charge on any atom is 0.336 e. The number of nitrogens with zero attached hydrogens (tertiary/aromatic N) is 1. The summed E-state index contributed by atoms with van der Waals surface area (Å²) in [4.78, 5) is 23.6. The van der Waals surface area contributed by atoms with Crippen LogP contribution in [0.4, 0.5) is 5.00 Å². The highest BCUT2D eigenvalue weighted by Crippen LogP contribution is 2.22. The molecule has 2 rings (SSSR count). The monoisotopic (exact) mass is 294 g/mol. The predicted octanol–water partition coefficient (Wildman–Crippen LogP) is 1.67. The largest absolute Gasteiger partial charge is 0.451 e. The van der Waals surface area contributed by atoms with Gasteiger partial charge in [0.1, 0.15) is 11.1 Å². The van der Waals surface area contributed by atoms with Crippen molar-refractivity contribution in [2.24, 2.45) is 0 Å². The van der Waals surface area contributed by atoms with Gasteiger partial charge in [-0.05, 0) is 31.2 Å². The van der Waals surface area contributed by atoms with Crippen molar-refractivity contribution in [3.05, 3.63) is 17.0 Å². The number of carbonyl (C=O) groups is 2. The van der Waals surface area contributed by atoms with Gasteiger partial charge in [0.25, 0.3) is 5.91 Å². The summed E-state index contributed by atoms with van der Waals surface area (Å²) in [6.07, 6.45) is -0.0559. The third-order valence-corrected chi connectivity index (χ3v) is 3.71. The first-order chi connectivity index (χ1) is 9.61. The van der Waals surface area contributed by atoms with E-state index in [4.69, 9.17) is 14.7 Å². The van der Waals surface area contributed by atoms with Crippen LogP contribution in [0.5, 0.6) is 0 Å². The summed E-state index contributed by atoms with van der Waals surface area (Å²) in [5.41, 5.74) is 0.390. The zero-order valence-corrected chi connectivity index (χ0v) is 11.7. The minimum atomic E-state index is -0.930. The van der Waals surface area contributed by atoms with Crippen LogP contribution in [0.15, 0.2) is 11.4 Å². The molecule has 106 valence electrons. The Morgan fingerprint density at radius 1 is 1.65 bits per heavy atom. The highest BCUT2D eigenvalue weighted by molar-refractivity contribution is 7.14. The number of nitrogens with one attached hydrogen (secondary N) is 1. The van der Waals surface area contributed by atoms with Gasteiger partial charge in [0, 0.05) is 6.61 Å². The number of esters is 1. The Morgan fingerprint density at radius 3 is 3.10 bits per heavy atom. The van der Waals surface area contributed by atoms with E-state index in [1.807, 2.05) is 6.07 Å². The molecular weight excluding hydrogens is 280 g/mol. The zero-order valence-electron chi connectivity index (χ0n) is 10.9. The maximum absolute atomic E-state index is 11.9. The van der Waals surface area contributed by atoms with Crippen LogP contribution in [0.1, 0.15) is 25.3 Å². The minimum Gasteiger partial charge on any atom is -0.451 e. The number of hydrogen-bond donors (Lipinski definition) is 1. The Bertz CT molecular complexity index is 543. The molecule has 1 fully saturated rings. The second kappa shape index (κ2) is 6.50. The van der Waals surface area contributed by atoms with E-state index in [1.165, 1.54) is 18.3 Å². The van der Waals surface area contributed by atoms with Gasteiger partial charge in [-0.15, -0.1) is 11.3 Å². The number of thiophene rings is 1. The molecule has 0 aromatic carbocycles. The number of anilines is 1. The van der Waals surface area contributed by atoms with E-state index in [1.54, 1.807) is 11.4 Å². The Hall–Kier alpha value is -1.91. The van der Waals surface area contributed by atoms with Crippen LogP contribution in [0, 0.1) is 11.3 Å². The molecule has 0 unspecified atom stereocenters. The summed E-state index contributed by atoms with van der Waals surface area (Å²) in [6, 6.07) is 3.59. The molecule has 1 amide bonds. The quantitative estimate of drug-likeness (QED) is 0.853. The number of carbonyl (C=O) groups excluding carboxylic acids is 2. The number of hydrogen-bond acceptors (Lipinski definition) is 6. The number of rotatable bonds is 4. The summed E-state index contributed by atoms with van der Waals surface area (Å²) in [6.45, 7) is 2.03. The number of nitriles is 1. The van der Waals surface area contributed by atoms with E-state index in [-0.39, 0.29) is 0 Å². The molecule has 1 aliphatic heterocycles. The van der Waals surface area contributed by atoms with Crippen LogP contribution in [0.3, 0.4) is 0 Å². The maximum atomic E-state index is 11.9. The Kier molecular flexibility index (Phi) is 4.71. The molecule has 1 aliphatic rings. The standard InChI is InChI=1S/C13H14N2O4S/c1-8(19-13(17)10-3-2-5-18-10)11(16)15-12-9(7-14)4-6-20-12/h4,6,8,10H,2-3,5H2,1H3,(H,15,16)/t8-,10-/m1/s1. The molecule has 0 saturated carbocycles. The van der Waals surface area contributed by atoms with Gasteiger partial charge < -0.3 is 14.8 Å². The lowest BCUT2D eigenvalue weighted by Gasteiger charge is -2.15. The molecule has 0 radical (unpaired) electrons. The number of amides is 1. The lowest BCUT2D eigenvalue weighted by molar-refractivity contribution is -0.162. The topological polar surface area (TPSA) is 88.4 Å². The average Bonchev–Trinajstić information content (AvgIpc) is 3.09. The molecule has 7 heteroatoms. The lowest BCUT2D eigenvalue weighted by Crippen LogP contribution is -2.33. The first-order valence-electron chi connectivity index (χ1n) is 6.22. The van der Waals surface area contributed by atoms with Crippen LogP contribution < -0.4 is 5.32 Å². The molecule has 1 N–H and O–H groups in total. The summed E-state index contributed by atoms with van der Waals surface area (Å²) in [5.74, 6) is -0.980. The van der Waals surface area contributed by atoms with Crippen molar-refractivity contribution in [1.29, 1.82) is 5.26 Å². The fraction of sp³-hybridized carbons (Fsp3) is 0.462. The fourth-order valence-electron chi connectivity index (χ4n) is 1.77. The molecule has 1 aromatic heterocycles. The van der Waals surface area contributed by atoms with E-state index in [9.17, 15) is 9.59 Å². The van der Waals surface area contributed by atoms with E-state index in [0.29, 0.717) is 23.6 Å². The van der Waals surface area contributed by atoms with Crippen LogP contribution in [0.25, 0.3) is 0 Å². The van der Waals surface area contributed by atoms with Gasteiger partial charge in [0.2, 0.25) is 0 Å². The van der Waals surface area contributed by atoms with Gasteiger partial charge in [0.15, 0.2) is 12.2 Å². The van der Waals surface area contributed by atoms with Crippen molar-refractivity contribution >= 4 is 28.2 Å². The van der Waals surface area contributed by atoms with Crippen LogP contribution in [0.2, 0.25) is 0 Å². The molecule has 1 saturated heterocycles. The first kappa shape index (κ1) is 14.5. The molecular formula is C13H14N2O4S. The van der Waals surface area contributed by atoms with Crippen molar-refractivity contribution in [2.45, 2.75) is 32.0 Å². The molecule has 20 heavy (non-hydrogen) atoms. The summed E-state index contributed by atoms with van der Waals surface area (Å²) in [7, 11) is 0. The second-order valence-corrected chi connectivity index (χ2v) is 5.26. The Labute approximate surface area is 120 Å². The summed E-state index contributed by atoms with van der Waals surface area (Å²) < 4.78 is 10.3.